The molecule has 1 spiro atoms. The standard InChI is InChI=1S/C31H26N2O3/c1-20-16-25-17-26(33(34)35)14-15-29(25)36-31(20)21(2)27-18-24(22-10-6-4-7-11-22)19-28(30(27)32(31)3)23-12-8-5-9-13-23/h4-19,21H,1-3H3. The average Bonchev–Trinajstić information content (AvgIpc) is 3.12. The second kappa shape index (κ2) is 8.09. The number of benzene rings is 4. The van der Waals surface area contributed by atoms with Crippen molar-refractivity contribution in [2.45, 2.75) is 25.5 Å². The Bertz CT molecular complexity index is 1530. The van der Waals surface area contributed by atoms with Gasteiger partial charge in [0.2, 0.25) is 5.72 Å². The zero-order valence-corrected chi connectivity index (χ0v) is 20.4. The van der Waals surface area contributed by atoms with Gasteiger partial charge >= 0.3 is 0 Å². The van der Waals surface area contributed by atoms with E-state index in [1.165, 1.54) is 22.8 Å². The normalized spacial score (nSPS) is 19.9. The van der Waals surface area contributed by atoms with Crippen LogP contribution in [0.1, 0.15) is 30.9 Å². The second-order valence-electron chi connectivity index (χ2n) is 9.58. The maximum Gasteiger partial charge on any atom is 0.270 e. The molecular formula is C31H26N2O3. The Balaban J connectivity index is 1.55. The Labute approximate surface area is 210 Å². The van der Waals surface area contributed by atoms with Crippen molar-refractivity contribution in [1.29, 1.82) is 0 Å². The van der Waals surface area contributed by atoms with Gasteiger partial charge in [-0.3, -0.25) is 10.1 Å². The van der Waals surface area contributed by atoms with Crippen LogP contribution in [0.2, 0.25) is 0 Å². The van der Waals surface area contributed by atoms with Crippen molar-refractivity contribution in [2.24, 2.45) is 0 Å². The number of anilines is 1. The quantitative estimate of drug-likeness (QED) is 0.226. The zero-order valence-electron chi connectivity index (χ0n) is 20.4. The number of nitrogens with zero attached hydrogens (tertiary/aromatic N) is 2. The highest BCUT2D eigenvalue weighted by atomic mass is 16.6. The molecule has 4 aromatic carbocycles. The third kappa shape index (κ3) is 3.16. The maximum atomic E-state index is 11.3. The van der Waals surface area contributed by atoms with E-state index >= 15 is 0 Å². The predicted molar refractivity (Wildman–Crippen MR) is 144 cm³/mol. The Morgan fingerprint density at radius 3 is 2.22 bits per heavy atom. The van der Waals surface area contributed by atoms with Crippen LogP contribution in [0, 0.1) is 10.1 Å². The van der Waals surface area contributed by atoms with Gasteiger partial charge in [-0.2, -0.15) is 0 Å². The molecule has 0 saturated heterocycles. The average molecular weight is 475 g/mol. The lowest BCUT2D eigenvalue weighted by Crippen LogP contribution is -2.53. The van der Waals surface area contributed by atoms with E-state index in [2.05, 4.69) is 86.5 Å². The minimum Gasteiger partial charge on any atom is -0.463 e. The molecule has 0 fully saturated rings. The van der Waals surface area contributed by atoms with Crippen LogP contribution in [0.4, 0.5) is 11.4 Å². The number of nitro benzene ring substituents is 1. The van der Waals surface area contributed by atoms with E-state index in [-0.39, 0.29) is 16.5 Å². The van der Waals surface area contributed by atoms with E-state index in [0.29, 0.717) is 5.75 Å². The largest absolute Gasteiger partial charge is 0.463 e. The van der Waals surface area contributed by atoms with E-state index in [0.717, 1.165) is 28.0 Å². The third-order valence-corrected chi connectivity index (χ3v) is 7.63. The van der Waals surface area contributed by atoms with Crippen molar-refractivity contribution < 1.29 is 9.66 Å². The summed E-state index contributed by atoms with van der Waals surface area (Å²) in [5, 5.41) is 11.3. The monoisotopic (exact) mass is 474 g/mol. The number of likely N-dealkylation sites (N-methyl/N-ethyl adjacent to an activating group) is 1. The Kier molecular flexibility index (Phi) is 4.97. The first kappa shape index (κ1) is 22.1. The summed E-state index contributed by atoms with van der Waals surface area (Å²) in [5.74, 6) is 0.672. The molecule has 0 amide bonds. The van der Waals surface area contributed by atoms with E-state index in [9.17, 15) is 10.1 Å². The minimum atomic E-state index is -0.732. The summed E-state index contributed by atoms with van der Waals surface area (Å²) in [6.45, 7) is 4.26. The number of hydrogen-bond acceptors (Lipinski definition) is 4. The van der Waals surface area contributed by atoms with Gasteiger partial charge in [-0.05, 0) is 59.0 Å². The Morgan fingerprint density at radius 1 is 0.889 bits per heavy atom. The van der Waals surface area contributed by atoms with Crippen molar-refractivity contribution in [3.05, 3.63) is 118 Å². The highest BCUT2D eigenvalue weighted by Crippen LogP contribution is 2.57. The number of non-ortho nitro benzene ring substituents is 1. The van der Waals surface area contributed by atoms with Gasteiger partial charge < -0.3 is 9.64 Å². The van der Waals surface area contributed by atoms with Gasteiger partial charge in [0.1, 0.15) is 5.75 Å². The summed E-state index contributed by atoms with van der Waals surface area (Å²) in [7, 11) is 2.09. The predicted octanol–water partition coefficient (Wildman–Crippen LogP) is 7.67. The van der Waals surface area contributed by atoms with Crippen LogP contribution < -0.4 is 9.64 Å². The van der Waals surface area contributed by atoms with Gasteiger partial charge in [-0.1, -0.05) is 67.6 Å². The lowest BCUT2D eigenvalue weighted by molar-refractivity contribution is -0.384. The molecule has 0 saturated carbocycles. The molecule has 36 heavy (non-hydrogen) atoms. The molecule has 5 heteroatoms. The first-order valence-corrected chi connectivity index (χ1v) is 12.1. The summed E-state index contributed by atoms with van der Waals surface area (Å²) in [5.41, 5.74) is 8.08. The Morgan fingerprint density at radius 2 is 1.56 bits per heavy atom. The van der Waals surface area contributed by atoms with Crippen LogP contribution in [0.5, 0.6) is 5.75 Å². The highest BCUT2D eigenvalue weighted by Gasteiger charge is 2.54. The van der Waals surface area contributed by atoms with Crippen LogP contribution in [0.15, 0.2) is 96.6 Å². The van der Waals surface area contributed by atoms with Gasteiger partial charge in [0.05, 0.1) is 10.6 Å². The first-order chi connectivity index (χ1) is 17.4. The number of nitro groups is 1. The molecule has 2 unspecified atom stereocenters. The molecule has 6 rings (SSSR count). The lowest BCUT2D eigenvalue weighted by atomic mass is 9.84. The molecule has 0 aliphatic carbocycles. The topological polar surface area (TPSA) is 55.6 Å². The summed E-state index contributed by atoms with van der Waals surface area (Å²) in [4.78, 5) is 13.2. The SMILES string of the molecule is CC1=Cc2cc([N+](=O)[O-])ccc2OC12C(C)c1cc(-c3ccccc3)cc(-c3ccccc3)c1N2C. The van der Waals surface area contributed by atoms with Crippen molar-refractivity contribution in [2.75, 3.05) is 11.9 Å². The number of fused-ring (bicyclic) bond motifs is 2. The zero-order chi connectivity index (χ0) is 25.0. The van der Waals surface area contributed by atoms with Crippen LogP contribution >= 0.6 is 0 Å². The van der Waals surface area contributed by atoms with E-state index in [1.54, 1.807) is 12.1 Å². The third-order valence-electron chi connectivity index (χ3n) is 7.63. The molecule has 5 nitrogen and oxygen atoms in total. The van der Waals surface area contributed by atoms with Gasteiger partial charge in [-0.25, -0.2) is 0 Å². The Hall–Kier alpha value is -4.38. The van der Waals surface area contributed by atoms with Crippen molar-refractivity contribution >= 4 is 17.5 Å². The molecule has 2 atom stereocenters. The summed E-state index contributed by atoms with van der Waals surface area (Å²) >= 11 is 0. The van der Waals surface area contributed by atoms with Crippen molar-refractivity contribution in [1.82, 2.24) is 0 Å². The van der Waals surface area contributed by atoms with Crippen LogP contribution in [-0.4, -0.2) is 17.7 Å². The van der Waals surface area contributed by atoms with Crippen molar-refractivity contribution in [3.8, 4) is 28.0 Å². The molecule has 4 aromatic rings. The fourth-order valence-corrected chi connectivity index (χ4v) is 5.87. The van der Waals surface area contributed by atoms with Crippen molar-refractivity contribution in [3.63, 3.8) is 0 Å². The molecule has 0 N–H and O–H groups in total. The van der Waals surface area contributed by atoms with Gasteiger partial charge in [-0.15, -0.1) is 0 Å². The number of rotatable bonds is 3. The first-order valence-electron chi connectivity index (χ1n) is 12.1. The number of hydrogen-bond donors (Lipinski definition) is 0. The fourth-order valence-electron chi connectivity index (χ4n) is 5.87. The molecule has 0 radical (unpaired) electrons. The van der Waals surface area contributed by atoms with Crippen LogP contribution in [0.3, 0.4) is 0 Å². The number of ether oxygens (including phenoxy) is 1. The van der Waals surface area contributed by atoms with E-state index in [1.807, 2.05) is 18.2 Å². The van der Waals surface area contributed by atoms with Crippen LogP contribution in [-0.2, 0) is 0 Å². The minimum absolute atomic E-state index is 0.0169. The summed E-state index contributed by atoms with van der Waals surface area (Å²) in [6, 6.07) is 30.3. The maximum absolute atomic E-state index is 11.3. The molecule has 0 aromatic heterocycles. The lowest BCUT2D eigenvalue weighted by Gasteiger charge is -2.44. The second-order valence-corrected chi connectivity index (χ2v) is 9.58. The van der Waals surface area contributed by atoms with Crippen LogP contribution in [0.25, 0.3) is 28.3 Å². The smallest absolute Gasteiger partial charge is 0.270 e. The highest BCUT2D eigenvalue weighted by molar-refractivity contribution is 5.90. The van der Waals surface area contributed by atoms with Gasteiger partial charge in [0, 0.05) is 36.2 Å². The molecule has 2 aliphatic rings. The van der Waals surface area contributed by atoms with E-state index in [4.69, 9.17) is 4.74 Å². The summed E-state index contributed by atoms with van der Waals surface area (Å²) < 4.78 is 6.81. The van der Waals surface area contributed by atoms with Gasteiger partial charge in [0.15, 0.2) is 0 Å². The van der Waals surface area contributed by atoms with E-state index < -0.39 is 5.72 Å². The fraction of sp³-hybridized carbons (Fsp3) is 0.161. The molecular weight excluding hydrogens is 448 g/mol. The molecule has 178 valence electrons. The molecule has 0 bridgehead atoms. The molecule has 2 heterocycles. The van der Waals surface area contributed by atoms with Gasteiger partial charge in [0.25, 0.3) is 5.69 Å². The summed E-state index contributed by atoms with van der Waals surface area (Å²) in [6.07, 6.45) is 2.03. The molecule has 2 aliphatic heterocycles.